The number of benzene rings is 2. The highest BCUT2D eigenvalue weighted by Crippen LogP contribution is 2.16. The summed E-state index contributed by atoms with van der Waals surface area (Å²) in [5, 5.41) is 2.64. The summed E-state index contributed by atoms with van der Waals surface area (Å²) in [5.41, 5.74) is 6.27. The van der Waals surface area contributed by atoms with Gasteiger partial charge in [0.25, 0.3) is 11.8 Å². The molecule has 2 amide bonds. The molecule has 2 aromatic rings. The molecule has 0 radical (unpaired) electrons. The molecule has 0 saturated carbocycles. The van der Waals surface area contributed by atoms with Crippen LogP contribution >= 0.6 is 0 Å². The van der Waals surface area contributed by atoms with E-state index in [1.54, 1.807) is 54.8 Å². The number of nitrogens with two attached hydrogens (primary N) is 1. The predicted octanol–water partition coefficient (Wildman–Crippen LogP) is 1.78. The predicted molar refractivity (Wildman–Crippen MR) is 81.7 cm³/mol. The van der Waals surface area contributed by atoms with Crippen molar-refractivity contribution < 1.29 is 13.8 Å². The van der Waals surface area contributed by atoms with E-state index in [-0.39, 0.29) is 11.5 Å². The van der Waals surface area contributed by atoms with Crippen molar-refractivity contribution in [3.63, 3.8) is 0 Å². The highest BCUT2D eigenvalue weighted by atomic mass is 32.2. The first kappa shape index (κ1) is 14.9. The Bertz CT molecular complexity index is 711. The van der Waals surface area contributed by atoms with Gasteiger partial charge in [0.2, 0.25) is 0 Å². The molecule has 1 atom stereocenters. The first-order valence-corrected chi connectivity index (χ1v) is 7.68. The fourth-order valence-electron chi connectivity index (χ4n) is 1.80. The Labute approximate surface area is 124 Å². The second-order valence-electron chi connectivity index (χ2n) is 4.34. The second kappa shape index (κ2) is 6.32. The van der Waals surface area contributed by atoms with E-state index in [1.807, 2.05) is 0 Å². The monoisotopic (exact) mass is 302 g/mol. The first-order valence-electron chi connectivity index (χ1n) is 6.12. The largest absolute Gasteiger partial charge is 0.366 e. The molecular weight excluding hydrogens is 288 g/mol. The number of amides is 2. The zero-order chi connectivity index (χ0) is 15.4. The molecule has 108 valence electrons. The van der Waals surface area contributed by atoms with Crippen LogP contribution in [-0.2, 0) is 10.8 Å². The van der Waals surface area contributed by atoms with Crippen molar-refractivity contribution in [1.82, 2.24) is 0 Å². The number of primary amides is 1. The third kappa shape index (κ3) is 3.55. The van der Waals surface area contributed by atoms with Crippen LogP contribution in [0, 0.1) is 0 Å². The smallest absolute Gasteiger partial charge is 0.255 e. The van der Waals surface area contributed by atoms with Gasteiger partial charge in [-0.15, -0.1) is 0 Å². The third-order valence-corrected chi connectivity index (χ3v) is 3.83. The normalized spacial score (nSPS) is 11.7. The fraction of sp³-hybridized carbons (Fsp3) is 0.0667. The molecule has 21 heavy (non-hydrogen) atoms. The Morgan fingerprint density at radius 3 is 2.24 bits per heavy atom. The van der Waals surface area contributed by atoms with Gasteiger partial charge in [-0.1, -0.05) is 12.1 Å². The van der Waals surface area contributed by atoms with Gasteiger partial charge in [-0.25, -0.2) is 0 Å². The van der Waals surface area contributed by atoms with Crippen molar-refractivity contribution in [1.29, 1.82) is 0 Å². The van der Waals surface area contributed by atoms with Crippen LogP contribution in [0.4, 0.5) is 5.69 Å². The maximum Gasteiger partial charge on any atom is 0.255 e. The average Bonchev–Trinajstić information content (AvgIpc) is 2.47. The topological polar surface area (TPSA) is 89.3 Å². The van der Waals surface area contributed by atoms with Crippen LogP contribution in [0.25, 0.3) is 0 Å². The molecule has 0 aliphatic heterocycles. The maximum absolute atomic E-state index is 12.1. The zero-order valence-corrected chi connectivity index (χ0v) is 12.1. The van der Waals surface area contributed by atoms with Crippen molar-refractivity contribution in [3.8, 4) is 0 Å². The summed E-state index contributed by atoms with van der Waals surface area (Å²) >= 11 is 0. The fourth-order valence-corrected chi connectivity index (χ4v) is 2.32. The van der Waals surface area contributed by atoms with E-state index in [2.05, 4.69) is 5.32 Å². The standard InChI is InChI=1S/C15H14N2O3S/c1-21(20)11-8-6-10(7-9-11)15(19)17-13-5-3-2-4-12(13)14(16)18/h2-9H,1H3,(H2,16,18)(H,17,19). The first-order chi connectivity index (χ1) is 9.99. The number of hydrogen-bond donors (Lipinski definition) is 2. The Morgan fingerprint density at radius 2 is 1.67 bits per heavy atom. The summed E-state index contributed by atoms with van der Waals surface area (Å²) in [6, 6.07) is 12.9. The van der Waals surface area contributed by atoms with Gasteiger partial charge in [0.15, 0.2) is 0 Å². The maximum atomic E-state index is 12.1. The molecule has 5 nitrogen and oxygen atoms in total. The van der Waals surface area contributed by atoms with Gasteiger partial charge >= 0.3 is 0 Å². The summed E-state index contributed by atoms with van der Waals surface area (Å²) < 4.78 is 11.3. The molecule has 0 spiro atoms. The molecule has 6 heteroatoms. The Kier molecular flexibility index (Phi) is 4.49. The van der Waals surface area contributed by atoms with Gasteiger partial charge in [-0.2, -0.15) is 0 Å². The summed E-state index contributed by atoms with van der Waals surface area (Å²) in [7, 11) is -1.09. The van der Waals surface area contributed by atoms with Crippen LogP contribution in [0.15, 0.2) is 53.4 Å². The van der Waals surface area contributed by atoms with Crippen molar-refractivity contribution in [2.75, 3.05) is 11.6 Å². The molecule has 0 bridgehead atoms. The second-order valence-corrected chi connectivity index (χ2v) is 5.72. The minimum Gasteiger partial charge on any atom is -0.366 e. The minimum atomic E-state index is -1.09. The number of rotatable bonds is 4. The molecule has 1 unspecified atom stereocenters. The van der Waals surface area contributed by atoms with E-state index in [9.17, 15) is 13.8 Å². The molecular formula is C15H14N2O3S. The number of para-hydroxylation sites is 1. The van der Waals surface area contributed by atoms with Crippen LogP contribution in [0.3, 0.4) is 0 Å². The van der Waals surface area contributed by atoms with E-state index >= 15 is 0 Å². The lowest BCUT2D eigenvalue weighted by Gasteiger charge is -2.09. The van der Waals surface area contributed by atoms with Crippen LogP contribution in [0.1, 0.15) is 20.7 Å². The molecule has 0 aliphatic carbocycles. The van der Waals surface area contributed by atoms with Gasteiger partial charge in [0.05, 0.1) is 11.3 Å². The van der Waals surface area contributed by atoms with Crippen LogP contribution < -0.4 is 11.1 Å². The number of anilines is 1. The number of carbonyl (C=O) groups is 2. The Balaban J connectivity index is 2.22. The average molecular weight is 302 g/mol. The minimum absolute atomic E-state index is 0.247. The summed E-state index contributed by atoms with van der Waals surface area (Å²) in [6.07, 6.45) is 1.57. The lowest BCUT2D eigenvalue weighted by Crippen LogP contribution is -2.18. The van der Waals surface area contributed by atoms with Gasteiger partial charge in [-0.3, -0.25) is 13.8 Å². The van der Waals surface area contributed by atoms with Crippen molar-refractivity contribution in [3.05, 3.63) is 59.7 Å². The van der Waals surface area contributed by atoms with Crippen molar-refractivity contribution in [2.24, 2.45) is 5.73 Å². The van der Waals surface area contributed by atoms with E-state index in [0.29, 0.717) is 16.1 Å². The molecule has 2 rings (SSSR count). The van der Waals surface area contributed by atoms with Crippen molar-refractivity contribution >= 4 is 28.3 Å². The Morgan fingerprint density at radius 1 is 1.05 bits per heavy atom. The molecule has 3 N–H and O–H groups in total. The highest BCUT2D eigenvalue weighted by molar-refractivity contribution is 7.84. The van der Waals surface area contributed by atoms with Crippen LogP contribution in [-0.4, -0.2) is 22.3 Å². The number of nitrogens with one attached hydrogen (secondary N) is 1. The molecule has 0 fully saturated rings. The Hall–Kier alpha value is -2.47. The van der Waals surface area contributed by atoms with E-state index < -0.39 is 16.7 Å². The lowest BCUT2D eigenvalue weighted by molar-refractivity contribution is 0.100. The van der Waals surface area contributed by atoms with E-state index in [1.165, 1.54) is 0 Å². The quantitative estimate of drug-likeness (QED) is 0.902. The summed E-state index contributed by atoms with van der Waals surface area (Å²) in [5.74, 6) is -0.972. The number of carbonyl (C=O) groups excluding carboxylic acids is 2. The van der Waals surface area contributed by atoms with Gasteiger partial charge in [-0.05, 0) is 36.4 Å². The molecule has 2 aromatic carbocycles. The number of hydrogen-bond acceptors (Lipinski definition) is 3. The zero-order valence-electron chi connectivity index (χ0n) is 11.3. The van der Waals surface area contributed by atoms with Crippen LogP contribution in [0.5, 0.6) is 0 Å². The van der Waals surface area contributed by atoms with Crippen LogP contribution in [0.2, 0.25) is 0 Å². The highest BCUT2D eigenvalue weighted by Gasteiger charge is 2.12. The summed E-state index contributed by atoms with van der Waals surface area (Å²) in [6.45, 7) is 0. The van der Waals surface area contributed by atoms with Gasteiger partial charge < -0.3 is 11.1 Å². The van der Waals surface area contributed by atoms with Gasteiger partial charge in [0, 0.05) is 27.5 Å². The molecule has 0 heterocycles. The molecule has 0 aliphatic rings. The SMILES string of the molecule is CS(=O)c1ccc(C(=O)Nc2ccccc2C(N)=O)cc1. The third-order valence-electron chi connectivity index (χ3n) is 2.89. The van der Waals surface area contributed by atoms with E-state index in [4.69, 9.17) is 5.73 Å². The van der Waals surface area contributed by atoms with E-state index in [0.717, 1.165) is 0 Å². The van der Waals surface area contributed by atoms with Crippen molar-refractivity contribution in [2.45, 2.75) is 4.90 Å². The lowest BCUT2D eigenvalue weighted by atomic mass is 10.1. The molecule has 0 aromatic heterocycles. The van der Waals surface area contributed by atoms with Gasteiger partial charge in [0.1, 0.15) is 0 Å². The summed E-state index contributed by atoms with van der Waals surface area (Å²) in [4.78, 5) is 24.1. The molecule has 0 saturated heterocycles.